The monoisotopic (exact) mass is 225 g/mol. The minimum atomic E-state index is -0.183. The summed E-state index contributed by atoms with van der Waals surface area (Å²) < 4.78 is 23.7. The standard InChI is InChI=1S/C12H16FNO2/c1-9-2-3-10(6-12(9)13)14-7-11-4-5-15-8-16-11/h2-3,6,11,14H,4-5,7-8H2,1H3. The minimum absolute atomic E-state index is 0.151. The number of hydrogen-bond donors (Lipinski definition) is 1. The lowest BCUT2D eigenvalue weighted by Gasteiger charge is -2.23. The molecule has 0 aliphatic carbocycles. The normalized spacial score (nSPS) is 20.8. The summed E-state index contributed by atoms with van der Waals surface area (Å²) in [6.07, 6.45) is 1.03. The fraction of sp³-hybridized carbons (Fsp3) is 0.500. The summed E-state index contributed by atoms with van der Waals surface area (Å²) in [6, 6.07) is 5.15. The molecule has 1 unspecified atom stereocenters. The summed E-state index contributed by atoms with van der Waals surface area (Å²) in [7, 11) is 0. The fourth-order valence-corrected chi connectivity index (χ4v) is 1.60. The Hall–Kier alpha value is -1.13. The van der Waals surface area contributed by atoms with Crippen LogP contribution in [0.3, 0.4) is 0 Å². The van der Waals surface area contributed by atoms with Gasteiger partial charge in [-0.15, -0.1) is 0 Å². The lowest BCUT2D eigenvalue weighted by molar-refractivity contribution is -0.133. The van der Waals surface area contributed by atoms with Crippen molar-refractivity contribution in [3.8, 4) is 0 Å². The molecular formula is C12H16FNO2. The van der Waals surface area contributed by atoms with Crippen molar-refractivity contribution in [2.24, 2.45) is 0 Å². The van der Waals surface area contributed by atoms with Gasteiger partial charge in [0.25, 0.3) is 0 Å². The summed E-state index contributed by atoms with van der Waals surface area (Å²) >= 11 is 0. The van der Waals surface area contributed by atoms with Crippen LogP contribution in [0.15, 0.2) is 18.2 Å². The molecular weight excluding hydrogens is 209 g/mol. The van der Waals surface area contributed by atoms with Gasteiger partial charge in [-0.25, -0.2) is 4.39 Å². The van der Waals surface area contributed by atoms with E-state index in [1.807, 2.05) is 6.07 Å². The van der Waals surface area contributed by atoms with E-state index in [4.69, 9.17) is 9.47 Å². The van der Waals surface area contributed by atoms with Crippen molar-refractivity contribution < 1.29 is 13.9 Å². The number of ether oxygens (including phenoxy) is 2. The van der Waals surface area contributed by atoms with Gasteiger partial charge in [-0.1, -0.05) is 6.07 Å². The van der Waals surface area contributed by atoms with Gasteiger partial charge in [0, 0.05) is 12.2 Å². The molecule has 1 aliphatic heterocycles. The van der Waals surface area contributed by atoms with Crippen LogP contribution in [0.4, 0.5) is 10.1 Å². The Morgan fingerprint density at radius 1 is 1.50 bits per heavy atom. The zero-order chi connectivity index (χ0) is 11.4. The third-order valence-electron chi connectivity index (χ3n) is 2.68. The van der Waals surface area contributed by atoms with Crippen molar-refractivity contribution >= 4 is 5.69 Å². The predicted octanol–water partition coefficient (Wildman–Crippen LogP) is 2.31. The average Bonchev–Trinajstić information content (AvgIpc) is 2.32. The summed E-state index contributed by atoms with van der Waals surface area (Å²) in [5.74, 6) is -0.183. The molecule has 1 atom stereocenters. The topological polar surface area (TPSA) is 30.5 Å². The second-order valence-electron chi connectivity index (χ2n) is 3.95. The molecule has 1 aromatic carbocycles. The third kappa shape index (κ3) is 2.93. The summed E-state index contributed by atoms with van der Waals surface area (Å²) in [5.41, 5.74) is 1.45. The maximum absolute atomic E-state index is 13.3. The molecule has 1 aromatic rings. The van der Waals surface area contributed by atoms with Crippen LogP contribution in [-0.2, 0) is 9.47 Å². The number of anilines is 1. The molecule has 0 spiro atoms. The molecule has 2 rings (SSSR count). The van der Waals surface area contributed by atoms with Crippen LogP contribution in [0.1, 0.15) is 12.0 Å². The molecule has 1 heterocycles. The first kappa shape index (κ1) is 11.4. The van der Waals surface area contributed by atoms with E-state index in [2.05, 4.69) is 5.32 Å². The second kappa shape index (κ2) is 5.27. The Morgan fingerprint density at radius 3 is 3.06 bits per heavy atom. The first-order chi connectivity index (χ1) is 7.75. The van der Waals surface area contributed by atoms with Crippen LogP contribution in [0.5, 0.6) is 0 Å². The number of halogens is 1. The molecule has 3 nitrogen and oxygen atoms in total. The largest absolute Gasteiger partial charge is 0.382 e. The van der Waals surface area contributed by atoms with Crippen molar-refractivity contribution in [3.63, 3.8) is 0 Å². The molecule has 4 heteroatoms. The zero-order valence-corrected chi connectivity index (χ0v) is 9.33. The van der Waals surface area contributed by atoms with E-state index < -0.39 is 0 Å². The third-order valence-corrected chi connectivity index (χ3v) is 2.68. The molecule has 88 valence electrons. The Kier molecular flexibility index (Phi) is 3.74. The Balaban J connectivity index is 1.86. The fourth-order valence-electron chi connectivity index (χ4n) is 1.60. The Morgan fingerprint density at radius 2 is 2.38 bits per heavy atom. The summed E-state index contributed by atoms with van der Waals surface area (Å²) in [6.45, 7) is 3.52. The summed E-state index contributed by atoms with van der Waals surface area (Å²) in [4.78, 5) is 0. The van der Waals surface area contributed by atoms with Crippen molar-refractivity contribution in [1.29, 1.82) is 0 Å². The molecule has 0 amide bonds. The number of nitrogens with one attached hydrogen (secondary N) is 1. The van der Waals surface area contributed by atoms with Gasteiger partial charge >= 0.3 is 0 Å². The molecule has 0 bridgehead atoms. The van der Waals surface area contributed by atoms with Gasteiger partial charge < -0.3 is 14.8 Å². The Labute approximate surface area is 94.6 Å². The highest BCUT2D eigenvalue weighted by Gasteiger charge is 2.13. The lowest BCUT2D eigenvalue weighted by Crippen LogP contribution is -2.30. The first-order valence-corrected chi connectivity index (χ1v) is 5.45. The van der Waals surface area contributed by atoms with Crippen LogP contribution < -0.4 is 5.32 Å². The maximum atomic E-state index is 13.3. The van der Waals surface area contributed by atoms with E-state index in [0.29, 0.717) is 18.9 Å². The smallest absolute Gasteiger partial charge is 0.147 e. The van der Waals surface area contributed by atoms with Crippen molar-refractivity contribution in [3.05, 3.63) is 29.6 Å². The van der Waals surface area contributed by atoms with Gasteiger partial charge in [-0.05, 0) is 31.0 Å². The van der Waals surface area contributed by atoms with Gasteiger partial charge in [0.15, 0.2) is 0 Å². The van der Waals surface area contributed by atoms with E-state index in [-0.39, 0.29) is 11.9 Å². The Bertz CT molecular complexity index is 351. The number of benzene rings is 1. The van der Waals surface area contributed by atoms with Crippen LogP contribution in [-0.4, -0.2) is 26.0 Å². The molecule has 1 saturated heterocycles. The van der Waals surface area contributed by atoms with Gasteiger partial charge in [0.2, 0.25) is 0 Å². The highest BCUT2D eigenvalue weighted by molar-refractivity contribution is 5.45. The van der Waals surface area contributed by atoms with Crippen LogP contribution in [0, 0.1) is 12.7 Å². The molecule has 1 N–H and O–H groups in total. The number of hydrogen-bond acceptors (Lipinski definition) is 3. The SMILES string of the molecule is Cc1ccc(NCC2CCOCO2)cc1F. The van der Waals surface area contributed by atoms with E-state index in [1.54, 1.807) is 13.0 Å². The molecule has 16 heavy (non-hydrogen) atoms. The van der Waals surface area contributed by atoms with Gasteiger partial charge in [0.05, 0.1) is 12.7 Å². The zero-order valence-electron chi connectivity index (χ0n) is 9.33. The number of aryl methyl sites for hydroxylation is 1. The van der Waals surface area contributed by atoms with E-state index in [1.165, 1.54) is 6.07 Å². The molecule has 0 aromatic heterocycles. The summed E-state index contributed by atoms with van der Waals surface area (Å²) in [5, 5.41) is 3.16. The van der Waals surface area contributed by atoms with Crippen LogP contribution in [0.2, 0.25) is 0 Å². The van der Waals surface area contributed by atoms with Crippen molar-refractivity contribution in [2.45, 2.75) is 19.4 Å². The first-order valence-electron chi connectivity index (χ1n) is 5.45. The van der Waals surface area contributed by atoms with E-state index in [0.717, 1.165) is 18.7 Å². The lowest BCUT2D eigenvalue weighted by atomic mass is 10.2. The molecule has 1 fully saturated rings. The van der Waals surface area contributed by atoms with Gasteiger partial charge in [-0.3, -0.25) is 0 Å². The van der Waals surface area contributed by atoms with E-state index >= 15 is 0 Å². The maximum Gasteiger partial charge on any atom is 0.147 e. The van der Waals surface area contributed by atoms with Crippen molar-refractivity contribution in [1.82, 2.24) is 0 Å². The quantitative estimate of drug-likeness (QED) is 0.856. The number of rotatable bonds is 3. The van der Waals surface area contributed by atoms with Crippen molar-refractivity contribution in [2.75, 3.05) is 25.3 Å². The molecule has 0 radical (unpaired) electrons. The predicted molar refractivity (Wildman–Crippen MR) is 59.9 cm³/mol. The van der Waals surface area contributed by atoms with Crippen LogP contribution >= 0.6 is 0 Å². The second-order valence-corrected chi connectivity index (χ2v) is 3.95. The minimum Gasteiger partial charge on any atom is -0.382 e. The highest BCUT2D eigenvalue weighted by Crippen LogP contribution is 2.14. The highest BCUT2D eigenvalue weighted by atomic mass is 19.1. The van der Waals surface area contributed by atoms with Gasteiger partial charge in [0.1, 0.15) is 12.6 Å². The average molecular weight is 225 g/mol. The molecule has 0 saturated carbocycles. The molecule has 1 aliphatic rings. The van der Waals surface area contributed by atoms with E-state index in [9.17, 15) is 4.39 Å². The van der Waals surface area contributed by atoms with Gasteiger partial charge in [-0.2, -0.15) is 0 Å². The van der Waals surface area contributed by atoms with Crippen LogP contribution in [0.25, 0.3) is 0 Å².